The van der Waals surface area contributed by atoms with Crippen LogP contribution in [0.3, 0.4) is 0 Å². The molecule has 3 nitrogen and oxygen atoms in total. The van der Waals surface area contributed by atoms with Crippen molar-refractivity contribution in [2.45, 2.75) is 6.92 Å². The zero-order valence-electron chi connectivity index (χ0n) is 9.31. The van der Waals surface area contributed by atoms with Gasteiger partial charge in [0.05, 0.1) is 7.11 Å². The smallest absolute Gasteiger partial charge is 0.371 e. The van der Waals surface area contributed by atoms with Crippen LogP contribution in [0.15, 0.2) is 47.7 Å². The molecule has 0 bridgehead atoms. The molecule has 0 aromatic heterocycles. The van der Waals surface area contributed by atoms with Crippen LogP contribution < -0.4 is 0 Å². The predicted octanol–water partition coefficient (Wildman–Crippen LogP) is 2.70. The first-order valence-corrected chi connectivity index (χ1v) is 4.86. The van der Waals surface area contributed by atoms with Crippen LogP contribution in [-0.4, -0.2) is 18.2 Å². The van der Waals surface area contributed by atoms with E-state index in [1.165, 1.54) is 7.11 Å². The summed E-state index contributed by atoms with van der Waals surface area (Å²) in [4.78, 5) is 10.8. The molecule has 3 heteroatoms. The molecule has 0 radical (unpaired) electrons. The second-order valence-corrected chi connectivity index (χ2v) is 3.27. The van der Waals surface area contributed by atoms with E-state index in [0.717, 1.165) is 5.56 Å². The van der Waals surface area contributed by atoms with Crippen LogP contribution in [0.1, 0.15) is 12.5 Å². The van der Waals surface area contributed by atoms with Gasteiger partial charge in [-0.1, -0.05) is 42.5 Å². The Kier molecular flexibility index (Phi) is 4.33. The van der Waals surface area contributed by atoms with Gasteiger partial charge in [0.25, 0.3) is 0 Å². The van der Waals surface area contributed by atoms with E-state index in [9.17, 15) is 4.79 Å². The maximum Gasteiger partial charge on any atom is 0.371 e. The highest BCUT2D eigenvalue weighted by Crippen LogP contribution is 2.09. The van der Waals surface area contributed by atoms with Crippen LogP contribution in [0.25, 0.3) is 6.08 Å². The van der Waals surface area contributed by atoms with E-state index in [1.54, 1.807) is 13.0 Å². The van der Waals surface area contributed by atoms with E-state index in [4.69, 9.17) is 9.84 Å². The van der Waals surface area contributed by atoms with Gasteiger partial charge in [-0.3, -0.25) is 0 Å². The molecule has 0 atom stereocenters. The lowest BCUT2D eigenvalue weighted by Gasteiger charge is -2.02. The Morgan fingerprint density at radius 3 is 2.44 bits per heavy atom. The quantitative estimate of drug-likeness (QED) is 0.480. The van der Waals surface area contributed by atoms with Crippen LogP contribution in [0, 0.1) is 0 Å². The number of ether oxygens (including phenoxy) is 1. The number of rotatable bonds is 4. The lowest BCUT2D eigenvalue weighted by molar-refractivity contribution is -0.136. The summed E-state index contributed by atoms with van der Waals surface area (Å²) in [7, 11) is 1.35. The number of carbonyl (C=O) groups is 1. The summed E-state index contributed by atoms with van der Waals surface area (Å²) in [6, 6.07) is 9.66. The lowest BCUT2D eigenvalue weighted by atomic mass is 10.1. The minimum absolute atomic E-state index is 0.0350. The molecular formula is C13H14O3. The van der Waals surface area contributed by atoms with E-state index in [1.807, 2.05) is 36.4 Å². The van der Waals surface area contributed by atoms with Crippen LogP contribution in [0.4, 0.5) is 0 Å². The Balaban J connectivity index is 2.89. The Bertz CT molecular complexity index is 416. The normalized spacial score (nSPS) is 12.4. The SMILES string of the molecule is COC(C(=O)O)=C(C)C=Cc1ccccc1. The molecule has 0 aliphatic heterocycles. The molecule has 0 unspecified atom stereocenters. The van der Waals surface area contributed by atoms with Crippen LogP contribution in [-0.2, 0) is 9.53 Å². The van der Waals surface area contributed by atoms with Gasteiger partial charge in [0, 0.05) is 0 Å². The van der Waals surface area contributed by atoms with Crippen LogP contribution >= 0.6 is 0 Å². The van der Waals surface area contributed by atoms with Gasteiger partial charge >= 0.3 is 5.97 Å². The highest BCUT2D eigenvalue weighted by Gasteiger charge is 2.08. The summed E-state index contributed by atoms with van der Waals surface area (Å²) in [6.45, 7) is 1.70. The summed E-state index contributed by atoms with van der Waals surface area (Å²) in [5.74, 6) is -1.09. The highest BCUT2D eigenvalue weighted by molar-refractivity contribution is 5.86. The van der Waals surface area contributed by atoms with Crippen molar-refractivity contribution in [1.29, 1.82) is 0 Å². The largest absolute Gasteiger partial charge is 0.490 e. The van der Waals surface area contributed by atoms with Gasteiger partial charge < -0.3 is 9.84 Å². The molecule has 0 fully saturated rings. The molecule has 16 heavy (non-hydrogen) atoms. The Morgan fingerprint density at radius 2 is 1.94 bits per heavy atom. The van der Waals surface area contributed by atoms with Gasteiger partial charge in [-0.25, -0.2) is 4.79 Å². The van der Waals surface area contributed by atoms with Crippen molar-refractivity contribution in [3.63, 3.8) is 0 Å². The summed E-state index contributed by atoms with van der Waals surface area (Å²) in [5.41, 5.74) is 1.60. The van der Waals surface area contributed by atoms with Crippen molar-refractivity contribution in [1.82, 2.24) is 0 Å². The van der Waals surface area contributed by atoms with Crippen molar-refractivity contribution in [2.75, 3.05) is 7.11 Å². The Morgan fingerprint density at radius 1 is 1.31 bits per heavy atom. The maximum absolute atomic E-state index is 10.8. The summed E-state index contributed by atoms with van der Waals surface area (Å²) in [6.07, 6.45) is 3.57. The average Bonchev–Trinajstić information content (AvgIpc) is 2.28. The van der Waals surface area contributed by atoms with Gasteiger partial charge in [0.15, 0.2) is 0 Å². The molecule has 0 saturated heterocycles. The molecule has 1 N–H and O–H groups in total. The summed E-state index contributed by atoms with van der Waals surface area (Å²) < 4.78 is 4.79. The summed E-state index contributed by atoms with van der Waals surface area (Å²) in [5, 5.41) is 8.82. The lowest BCUT2D eigenvalue weighted by Crippen LogP contribution is -2.04. The van der Waals surface area contributed by atoms with E-state index >= 15 is 0 Å². The number of carboxylic acids is 1. The first-order chi connectivity index (χ1) is 7.65. The molecule has 0 spiro atoms. The third-order valence-corrected chi connectivity index (χ3v) is 2.08. The fourth-order valence-electron chi connectivity index (χ4n) is 1.28. The minimum Gasteiger partial charge on any atom is -0.490 e. The maximum atomic E-state index is 10.8. The van der Waals surface area contributed by atoms with Gasteiger partial charge in [-0.05, 0) is 18.1 Å². The average molecular weight is 218 g/mol. The predicted molar refractivity (Wildman–Crippen MR) is 62.8 cm³/mol. The van der Waals surface area contributed by atoms with Crippen LogP contribution in [0.2, 0.25) is 0 Å². The second kappa shape index (κ2) is 5.75. The standard InChI is InChI=1S/C13H14O3/c1-10(12(16-2)13(14)15)8-9-11-6-4-3-5-7-11/h3-9H,1-2H3,(H,14,15). The van der Waals surface area contributed by atoms with Crippen molar-refractivity contribution >= 4 is 12.0 Å². The zero-order valence-corrected chi connectivity index (χ0v) is 9.31. The van der Waals surface area contributed by atoms with Crippen LogP contribution in [0.5, 0.6) is 0 Å². The second-order valence-electron chi connectivity index (χ2n) is 3.27. The fraction of sp³-hybridized carbons (Fsp3) is 0.154. The monoisotopic (exact) mass is 218 g/mol. The molecule has 1 rings (SSSR count). The number of benzene rings is 1. The molecular weight excluding hydrogens is 204 g/mol. The number of carboxylic acid groups (broad SMARTS) is 1. The van der Waals surface area contributed by atoms with Gasteiger partial charge in [-0.2, -0.15) is 0 Å². The van der Waals surface area contributed by atoms with E-state index in [2.05, 4.69) is 0 Å². The van der Waals surface area contributed by atoms with Crippen molar-refractivity contribution in [2.24, 2.45) is 0 Å². The molecule has 0 heterocycles. The van der Waals surface area contributed by atoms with E-state index < -0.39 is 5.97 Å². The number of aliphatic carboxylic acids is 1. The fourth-order valence-corrected chi connectivity index (χ4v) is 1.28. The molecule has 0 saturated carbocycles. The third kappa shape index (κ3) is 3.28. The molecule has 84 valence electrons. The third-order valence-electron chi connectivity index (χ3n) is 2.08. The minimum atomic E-state index is -1.06. The summed E-state index contributed by atoms with van der Waals surface area (Å²) >= 11 is 0. The van der Waals surface area contributed by atoms with Gasteiger partial charge in [0.2, 0.25) is 5.76 Å². The van der Waals surface area contributed by atoms with Crippen molar-refractivity contribution in [3.05, 3.63) is 53.3 Å². The van der Waals surface area contributed by atoms with Crippen molar-refractivity contribution in [3.8, 4) is 0 Å². The topological polar surface area (TPSA) is 46.5 Å². The number of methoxy groups -OCH3 is 1. The first-order valence-electron chi connectivity index (χ1n) is 4.86. The highest BCUT2D eigenvalue weighted by atomic mass is 16.5. The Labute approximate surface area is 94.7 Å². The molecule has 0 aliphatic rings. The molecule has 1 aromatic carbocycles. The Hall–Kier alpha value is -2.03. The van der Waals surface area contributed by atoms with E-state index in [0.29, 0.717) is 5.57 Å². The first kappa shape index (κ1) is 12.0. The molecule has 0 aliphatic carbocycles. The van der Waals surface area contributed by atoms with E-state index in [-0.39, 0.29) is 5.76 Å². The zero-order chi connectivity index (χ0) is 12.0. The number of allylic oxidation sites excluding steroid dienone is 2. The number of hydrogen-bond acceptors (Lipinski definition) is 2. The number of hydrogen-bond donors (Lipinski definition) is 1. The van der Waals surface area contributed by atoms with Crippen molar-refractivity contribution < 1.29 is 14.6 Å². The van der Waals surface area contributed by atoms with Gasteiger partial charge in [0.1, 0.15) is 0 Å². The molecule has 0 amide bonds. The van der Waals surface area contributed by atoms with Gasteiger partial charge in [-0.15, -0.1) is 0 Å². The molecule has 1 aromatic rings.